The van der Waals surface area contributed by atoms with Crippen LogP contribution in [0.3, 0.4) is 0 Å². The minimum absolute atomic E-state index is 0.189. The lowest BCUT2D eigenvalue weighted by molar-refractivity contribution is 0.544. The van der Waals surface area contributed by atoms with Crippen LogP contribution in [0.15, 0.2) is 24.4 Å². The van der Waals surface area contributed by atoms with Crippen molar-refractivity contribution < 1.29 is 0 Å². The van der Waals surface area contributed by atoms with Gasteiger partial charge in [0.15, 0.2) is 0 Å². The van der Waals surface area contributed by atoms with Crippen molar-refractivity contribution in [3.8, 4) is 6.07 Å². The molecule has 0 N–H and O–H groups in total. The Bertz CT molecular complexity index is 411. The first-order valence-corrected chi connectivity index (χ1v) is 5.66. The van der Waals surface area contributed by atoms with Crippen molar-refractivity contribution >= 4 is 5.57 Å². The number of aromatic nitrogens is 1. The Morgan fingerprint density at radius 3 is 2.75 bits per heavy atom. The molecule has 86 valence electrons. The quantitative estimate of drug-likeness (QED) is 0.754. The van der Waals surface area contributed by atoms with E-state index in [9.17, 15) is 0 Å². The summed E-state index contributed by atoms with van der Waals surface area (Å²) in [7, 11) is 0. The van der Waals surface area contributed by atoms with Gasteiger partial charge < -0.3 is 4.57 Å². The number of rotatable bonds is 3. The molecule has 0 aromatic carbocycles. The van der Waals surface area contributed by atoms with Crippen LogP contribution in [0.2, 0.25) is 0 Å². The zero-order valence-electron chi connectivity index (χ0n) is 10.6. The Balaban J connectivity index is 2.92. The van der Waals surface area contributed by atoms with Crippen LogP contribution in [-0.2, 0) is 6.54 Å². The molecule has 0 saturated carbocycles. The van der Waals surface area contributed by atoms with Crippen molar-refractivity contribution in [3.63, 3.8) is 0 Å². The Hall–Kier alpha value is -1.49. The van der Waals surface area contributed by atoms with E-state index in [1.807, 2.05) is 12.3 Å². The van der Waals surface area contributed by atoms with Crippen molar-refractivity contribution in [2.24, 2.45) is 5.41 Å². The lowest BCUT2D eigenvalue weighted by Crippen LogP contribution is -2.04. The number of nitriles is 1. The standard InChI is InChI=1S/C14H20N2/c1-12(11-14(2,3)4)13-7-5-9-16(13)10-6-8-15/h5,7,9,11H,6,10H2,1-4H3/b12-11+. The Kier molecular flexibility index (Phi) is 3.95. The molecule has 0 spiro atoms. The zero-order valence-corrected chi connectivity index (χ0v) is 10.6. The van der Waals surface area contributed by atoms with Gasteiger partial charge in [0.05, 0.1) is 12.5 Å². The fourth-order valence-corrected chi connectivity index (χ4v) is 1.86. The molecule has 1 aromatic rings. The third-order valence-electron chi connectivity index (χ3n) is 2.35. The van der Waals surface area contributed by atoms with Gasteiger partial charge in [0.2, 0.25) is 0 Å². The minimum atomic E-state index is 0.189. The lowest BCUT2D eigenvalue weighted by Gasteiger charge is -2.15. The summed E-state index contributed by atoms with van der Waals surface area (Å²) in [5, 5.41) is 8.60. The second-order valence-electron chi connectivity index (χ2n) is 5.19. The topological polar surface area (TPSA) is 28.7 Å². The highest BCUT2D eigenvalue weighted by molar-refractivity contribution is 5.61. The number of nitrogens with zero attached hydrogens (tertiary/aromatic N) is 2. The van der Waals surface area contributed by atoms with E-state index >= 15 is 0 Å². The molecule has 0 aliphatic heterocycles. The maximum absolute atomic E-state index is 8.60. The Morgan fingerprint density at radius 1 is 1.50 bits per heavy atom. The van der Waals surface area contributed by atoms with Crippen molar-refractivity contribution in [1.82, 2.24) is 4.57 Å². The highest BCUT2D eigenvalue weighted by atomic mass is 15.0. The molecule has 0 amide bonds. The van der Waals surface area contributed by atoms with Crippen LogP contribution in [0.4, 0.5) is 0 Å². The molecule has 0 radical (unpaired) electrons. The lowest BCUT2D eigenvalue weighted by atomic mass is 9.93. The van der Waals surface area contributed by atoms with E-state index in [0.29, 0.717) is 6.42 Å². The third-order valence-corrected chi connectivity index (χ3v) is 2.35. The van der Waals surface area contributed by atoms with Crippen LogP contribution in [0.1, 0.15) is 39.8 Å². The number of allylic oxidation sites excluding steroid dienone is 2. The SMILES string of the molecule is C/C(=C\C(C)(C)C)c1cccn1CCC#N. The number of aryl methyl sites for hydroxylation is 1. The van der Waals surface area contributed by atoms with E-state index in [1.54, 1.807) is 0 Å². The Labute approximate surface area is 98.2 Å². The smallest absolute Gasteiger partial charge is 0.0640 e. The molecule has 1 rings (SSSR count). The van der Waals surface area contributed by atoms with E-state index < -0.39 is 0 Å². The van der Waals surface area contributed by atoms with Gasteiger partial charge in [-0.15, -0.1) is 0 Å². The van der Waals surface area contributed by atoms with Crippen molar-refractivity contribution in [2.45, 2.75) is 40.7 Å². The van der Waals surface area contributed by atoms with E-state index in [0.717, 1.165) is 6.54 Å². The average molecular weight is 216 g/mol. The molecule has 2 heteroatoms. The van der Waals surface area contributed by atoms with Crippen LogP contribution in [-0.4, -0.2) is 4.57 Å². The summed E-state index contributed by atoms with van der Waals surface area (Å²) in [6.45, 7) is 9.48. The van der Waals surface area contributed by atoms with E-state index in [4.69, 9.17) is 5.26 Å². The summed E-state index contributed by atoms with van der Waals surface area (Å²) >= 11 is 0. The van der Waals surface area contributed by atoms with Crippen LogP contribution < -0.4 is 0 Å². The molecular formula is C14H20N2. The number of hydrogen-bond donors (Lipinski definition) is 0. The maximum Gasteiger partial charge on any atom is 0.0640 e. The second kappa shape index (κ2) is 5.03. The summed E-state index contributed by atoms with van der Waals surface area (Å²) in [4.78, 5) is 0. The fraction of sp³-hybridized carbons (Fsp3) is 0.500. The van der Waals surface area contributed by atoms with Gasteiger partial charge in [-0.05, 0) is 30.0 Å². The van der Waals surface area contributed by atoms with Crippen LogP contribution >= 0.6 is 0 Å². The second-order valence-corrected chi connectivity index (χ2v) is 5.19. The molecule has 0 unspecified atom stereocenters. The van der Waals surface area contributed by atoms with Gasteiger partial charge in [0, 0.05) is 18.4 Å². The predicted octanol–water partition coefficient (Wildman–Crippen LogP) is 3.85. The predicted molar refractivity (Wildman–Crippen MR) is 67.8 cm³/mol. The van der Waals surface area contributed by atoms with E-state index in [2.05, 4.69) is 50.5 Å². The average Bonchev–Trinajstić information content (AvgIpc) is 2.59. The Morgan fingerprint density at radius 2 is 2.19 bits per heavy atom. The molecule has 2 nitrogen and oxygen atoms in total. The molecule has 0 atom stereocenters. The highest BCUT2D eigenvalue weighted by Gasteiger charge is 2.09. The van der Waals surface area contributed by atoms with Crippen molar-refractivity contribution in [1.29, 1.82) is 5.26 Å². The van der Waals surface area contributed by atoms with Crippen LogP contribution in [0, 0.1) is 16.7 Å². The highest BCUT2D eigenvalue weighted by Crippen LogP contribution is 2.23. The fourth-order valence-electron chi connectivity index (χ4n) is 1.86. The zero-order chi connectivity index (χ0) is 12.2. The van der Waals surface area contributed by atoms with Gasteiger partial charge in [-0.1, -0.05) is 26.8 Å². The first-order chi connectivity index (χ1) is 7.44. The van der Waals surface area contributed by atoms with E-state index in [-0.39, 0.29) is 5.41 Å². The first-order valence-electron chi connectivity index (χ1n) is 5.66. The summed E-state index contributed by atoms with van der Waals surface area (Å²) < 4.78 is 2.14. The molecule has 0 aliphatic rings. The third kappa shape index (κ3) is 3.58. The van der Waals surface area contributed by atoms with Crippen LogP contribution in [0.25, 0.3) is 5.57 Å². The van der Waals surface area contributed by atoms with Crippen LogP contribution in [0.5, 0.6) is 0 Å². The van der Waals surface area contributed by atoms with Gasteiger partial charge >= 0.3 is 0 Å². The van der Waals surface area contributed by atoms with Crippen molar-refractivity contribution in [3.05, 3.63) is 30.1 Å². The largest absolute Gasteiger partial charge is 0.347 e. The van der Waals surface area contributed by atoms with Gasteiger partial charge in [0.1, 0.15) is 0 Å². The molecule has 0 bridgehead atoms. The summed E-state index contributed by atoms with van der Waals surface area (Å²) in [5.74, 6) is 0. The monoisotopic (exact) mass is 216 g/mol. The van der Waals surface area contributed by atoms with Gasteiger partial charge in [-0.3, -0.25) is 0 Å². The molecule has 16 heavy (non-hydrogen) atoms. The molecule has 0 saturated heterocycles. The maximum atomic E-state index is 8.60. The molecule has 0 fully saturated rings. The molecule has 1 heterocycles. The van der Waals surface area contributed by atoms with Gasteiger partial charge in [0.25, 0.3) is 0 Å². The van der Waals surface area contributed by atoms with Gasteiger partial charge in [-0.2, -0.15) is 5.26 Å². The minimum Gasteiger partial charge on any atom is -0.347 e. The number of hydrogen-bond acceptors (Lipinski definition) is 1. The van der Waals surface area contributed by atoms with E-state index in [1.165, 1.54) is 11.3 Å². The molecular weight excluding hydrogens is 196 g/mol. The first kappa shape index (κ1) is 12.6. The molecule has 1 aromatic heterocycles. The normalized spacial score (nSPS) is 12.6. The molecule has 0 aliphatic carbocycles. The summed E-state index contributed by atoms with van der Waals surface area (Å²) in [6.07, 6.45) is 4.86. The summed E-state index contributed by atoms with van der Waals surface area (Å²) in [6, 6.07) is 6.32. The van der Waals surface area contributed by atoms with Crippen molar-refractivity contribution in [2.75, 3.05) is 0 Å². The van der Waals surface area contributed by atoms with Gasteiger partial charge in [-0.25, -0.2) is 0 Å². The summed E-state index contributed by atoms with van der Waals surface area (Å²) in [5.41, 5.74) is 2.68.